The predicted molar refractivity (Wildman–Crippen MR) is 60.7 cm³/mol. The maximum absolute atomic E-state index is 12.0. The van der Waals surface area contributed by atoms with E-state index < -0.39 is 0 Å². The molecule has 2 atom stereocenters. The Labute approximate surface area is 96.4 Å². The molecule has 0 aromatic heterocycles. The molecule has 1 N–H and O–H groups in total. The molecule has 1 saturated heterocycles. The molecule has 16 heavy (non-hydrogen) atoms. The zero-order valence-corrected chi connectivity index (χ0v) is 10.0. The van der Waals surface area contributed by atoms with Crippen molar-refractivity contribution in [2.24, 2.45) is 5.92 Å². The maximum Gasteiger partial charge on any atom is 0.245 e. The van der Waals surface area contributed by atoms with E-state index in [-0.39, 0.29) is 23.9 Å². The smallest absolute Gasteiger partial charge is 0.245 e. The Hall–Kier alpha value is -1.06. The van der Waals surface area contributed by atoms with Gasteiger partial charge in [0.05, 0.1) is 0 Å². The Kier molecular flexibility index (Phi) is 3.17. The lowest BCUT2D eigenvalue weighted by Gasteiger charge is -2.27. The van der Waals surface area contributed by atoms with E-state index in [0.29, 0.717) is 6.42 Å². The first-order valence-electron chi connectivity index (χ1n) is 6.17. The Morgan fingerprint density at radius 3 is 2.62 bits per heavy atom. The lowest BCUT2D eigenvalue weighted by Crippen LogP contribution is -2.45. The van der Waals surface area contributed by atoms with Gasteiger partial charge >= 0.3 is 0 Å². The second-order valence-electron chi connectivity index (χ2n) is 5.11. The number of carbonyl (C=O) groups is 2. The fourth-order valence-corrected chi connectivity index (χ4v) is 2.27. The molecule has 1 heterocycles. The van der Waals surface area contributed by atoms with E-state index in [9.17, 15) is 9.59 Å². The van der Waals surface area contributed by atoms with Gasteiger partial charge in [-0.1, -0.05) is 12.8 Å². The molecule has 2 unspecified atom stereocenters. The molecule has 1 saturated carbocycles. The number of hydrogen-bond acceptors (Lipinski definition) is 2. The third-order valence-electron chi connectivity index (χ3n) is 3.52. The summed E-state index contributed by atoms with van der Waals surface area (Å²) in [4.78, 5) is 25.4. The van der Waals surface area contributed by atoms with Gasteiger partial charge in [-0.3, -0.25) is 9.59 Å². The highest BCUT2D eigenvalue weighted by molar-refractivity contribution is 5.90. The number of amides is 2. The Bertz CT molecular complexity index is 299. The summed E-state index contributed by atoms with van der Waals surface area (Å²) in [6.45, 7) is 4.54. The summed E-state index contributed by atoms with van der Waals surface area (Å²) in [6, 6.07) is -0.326. The van der Waals surface area contributed by atoms with Crippen molar-refractivity contribution in [2.75, 3.05) is 6.54 Å². The van der Waals surface area contributed by atoms with Crippen LogP contribution in [0.3, 0.4) is 0 Å². The standard InChI is InChI=1S/C12H20N2O2/c1-8-7-11(15)13-9(2)12(16)14(8)6-5-10-3-4-10/h8-10H,3-7H2,1-2H3,(H,13,15). The Morgan fingerprint density at radius 2 is 2.00 bits per heavy atom. The van der Waals surface area contributed by atoms with E-state index in [0.717, 1.165) is 18.9 Å². The fraction of sp³-hybridized carbons (Fsp3) is 0.833. The second-order valence-corrected chi connectivity index (χ2v) is 5.11. The molecule has 0 spiro atoms. The summed E-state index contributed by atoms with van der Waals surface area (Å²) in [5, 5.41) is 2.73. The van der Waals surface area contributed by atoms with Crippen LogP contribution in [0.15, 0.2) is 0 Å². The maximum atomic E-state index is 12.0. The molecule has 4 heteroatoms. The molecule has 2 fully saturated rings. The van der Waals surface area contributed by atoms with Gasteiger partial charge in [0.2, 0.25) is 11.8 Å². The fourth-order valence-electron chi connectivity index (χ4n) is 2.27. The van der Waals surface area contributed by atoms with Gasteiger partial charge in [-0.25, -0.2) is 0 Å². The number of nitrogens with one attached hydrogen (secondary N) is 1. The molecule has 0 bridgehead atoms. The summed E-state index contributed by atoms with van der Waals surface area (Å²) >= 11 is 0. The van der Waals surface area contributed by atoms with Crippen LogP contribution in [0.25, 0.3) is 0 Å². The first-order valence-corrected chi connectivity index (χ1v) is 6.17. The minimum atomic E-state index is -0.364. The largest absolute Gasteiger partial charge is 0.345 e. The molecule has 90 valence electrons. The second kappa shape index (κ2) is 4.44. The van der Waals surface area contributed by atoms with Gasteiger partial charge in [-0.15, -0.1) is 0 Å². The van der Waals surface area contributed by atoms with Gasteiger partial charge < -0.3 is 10.2 Å². The summed E-state index contributed by atoms with van der Waals surface area (Å²) in [5.41, 5.74) is 0. The van der Waals surface area contributed by atoms with Gasteiger partial charge in [-0.05, 0) is 26.2 Å². The molecule has 2 amide bonds. The van der Waals surface area contributed by atoms with E-state index in [1.165, 1.54) is 12.8 Å². The van der Waals surface area contributed by atoms with Crippen LogP contribution in [-0.2, 0) is 9.59 Å². The number of hydrogen-bond donors (Lipinski definition) is 1. The molecule has 0 radical (unpaired) electrons. The van der Waals surface area contributed by atoms with Gasteiger partial charge in [0.15, 0.2) is 0 Å². The van der Waals surface area contributed by atoms with E-state index >= 15 is 0 Å². The molecule has 0 aromatic carbocycles. The SMILES string of the molecule is CC1NC(=O)CC(C)N(CCC2CC2)C1=O. The minimum absolute atomic E-state index is 0.0118. The van der Waals surface area contributed by atoms with Crippen molar-refractivity contribution >= 4 is 11.8 Å². The first kappa shape index (κ1) is 11.4. The highest BCUT2D eigenvalue weighted by atomic mass is 16.2. The van der Waals surface area contributed by atoms with Crippen molar-refractivity contribution in [1.29, 1.82) is 0 Å². The summed E-state index contributed by atoms with van der Waals surface area (Å²) in [7, 11) is 0. The molecular weight excluding hydrogens is 204 g/mol. The van der Waals surface area contributed by atoms with Gasteiger partial charge in [0, 0.05) is 19.0 Å². The third kappa shape index (κ3) is 2.54. The molecule has 1 aliphatic carbocycles. The van der Waals surface area contributed by atoms with Crippen LogP contribution in [0, 0.1) is 5.92 Å². The zero-order chi connectivity index (χ0) is 11.7. The summed E-state index contributed by atoms with van der Waals surface area (Å²) < 4.78 is 0. The Morgan fingerprint density at radius 1 is 1.31 bits per heavy atom. The van der Waals surface area contributed by atoms with E-state index in [1.54, 1.807) is 6.92 Å². The van der Waals surface area contributed by atoms with E-state index in [4.69, 9.17) is 0 Å². The third-order valence-corrected chi connectivity index (χ3v) is 3.52. The molecule has 2 aliphatic rings. The van der Waals surface area contributed by atoms with Gasteiger partial charge in [0.25, 0.3) is 0 Å². The normalized spacial score (nSPS) is 31.2. The highest BCUT2D eigenvalue weighted by Gasteiger charge is 2.32. The van der Waals surface area contributed by atoms with Crippen molar-refractivity contribution in [3.8, 4) is 0 Å². The quantitative estimate of drug-likeness (QED) is 0.774. The topological polar surface area (TPSA) is 49.4 Å². The van der Waals surface area contributed by atoms with Crippen LogP contribution in [0.1, 0.15) is 39.5 Å². The lowest BCUT2D eigenvalue weighted by molar-refractivity contribution is -0.134. The average molecular weight is 224 g/mol. The van der Waals surface area contributed by atoms with Crippen molar-refractivity contribution < 1.29 is 9.59 Å². The van der Waals surface area contributed by atoms with Crippen LogP contribution in [0.5, 0.6) is 0 Å². The van der Waals surface area contributed by atoms with Crippen LogP contribution in [0.2, 0.25) is 0 Å². The first-order chi connectivity index (χ1) is 7.58. The molecular formula is C12H20N2O2. The number of nitrogens with zero attached hydrogens (tertiary/aromatic N) is 1. The van der Waals surface area contributed by atoms with Crippen LogP contribution in [-0.4, -0.2) is 35.3 Å². The zero-order valence-electron chi connectivity index (χ0n) is 10.0. The molecule has 2 rings (SSSR count). The molecule has 1 aliphatic heterocycles. The van der Waals surface area contributed by atoms with Crippen molar-refractivity contribution in [3.05, 3.63) is 0 Å². The van der Waals surface area contributed by atoms with Crippen LogP contribution >= 0.6 is 0 Å². The van der Waals surface area contributed by atoms with E-state index in [2.05, 4.69) is 5.32 Å². The van der Waals surface area contributed by atoms with Gasteiger partial charge in [0.1, 0.15) is 6.04 Å². The van der Waals surface area contributed by atoms with E-state index in [1.807, 2.05) is 11.8 Å². The summed E-state index contributed by atoms with van der Waals surface area (Å²) in [5.74, 6) is 0.878. The monoisotopic (exact) mass is 224 g/mol. The highest BCUT2D eigenvalue weighted by Crippen LogP contribution is 2.32. The van der Waals surface area contributed by atoms with Crippen molar-refractivity contribution in [3.63, 3.8) is 0 Å². The van der Waals surface area contributed by atoms with Crippen LogP contribution < -0.4 is 5.32 Å². The number of carbonyl (C=O) groups excluding carboxylic acids is 2. The molecule has 4 nitrogen and oxygen atoms in total. The van der Waals surface area contributed by atoms with Crippen molar-refractivity contribution in [2.45, 2.75) is 51.6 Å². The molecule has 0 aromatic rings. The average Bonchev–Trinajstić information content (AvgIpc) is 3.00. The lowest BCUT2D eigenvalue weighted by atomic mass is 10.1. The van der Waals surface area contributed by atoms with Crippen molar-refractivity contribution in [1.82, 2.24) is 10.2 Å². The van der Waals surface area contributed by atoms with Crippen LogP contribution in [0.4, 0.5) is 0 Å². The Balaban J connectivity index is 1.99. The predicted octanol–water partition coefficient (Wildman–Crippen LogP) is 0.912. The van der Waals surface area contributed by atoms with Gasteiger partial charge in [-0.2, -0.15) is 0 Å². The minimum Gasteiger partial charge on any atom is -0.345 e. The number of rotatable bonds is 3. The summed E-state index contributed by atoms with van der Waals surface area (Å²) in [6.07, 6.45) is 4.14.